The lowest BCUT2D eigenvalue weighted by molar-refractivity contribution is -0.121. The Labute approximate surface area is 156 Å². The third-order valence-electron chi connectivity index (χ3n) is 5.00. The zero-order valence-corrected chi connectivity index (χ0v) is 15.1. The molecule has 1 atom stereocenters. The molecule has 2 aromatic rings. The molecular formula is C19H20N4O4. The highest BCUT2D eigenvalue weighted by molar-refractivity contribution is 6.20. The van der Waals surface area contributed by atoms with Crippen molar-refractivity contribution in [1.82, 2.24) is 15.0 Å². The molecule has 0 N–H and O–H groups in total. The van der Waals surface area contributed by atoms with E-state index in [2.05, 4.69) is 10.1 Å². The van der Waals surface area contributed by atoms with Crippen molar-refractivity contribution < 1.29 is 18.9 Å². The molecule has 0 saturated carbocycles. The van der Waals surface area contributed by atoms with Gasteiger partial charge in [0, 0.05) is 31.4 Å². The van der Waals surface area contributed by atoms with Crippen molar-refractivity contribution in [1.29, 1.82) is 0 Å². The number of amides is 3. The zero-order valence-electron chi connectivity index (χ0n) is 15.1. The zero-order chi connectivity index (χ0) is 19.0. The second-order valence-electron chi connectivity index (χ2n) is 6.73. The van der Waals surface area contributed by atoms with Gasteiger partial charge in [0.15, 0.2) is 5.82 Å². The highest BCUT2D eigenvalue weighted by atomic mass is 16.5. The molecule has 0 bridgehead atoms. The van der Waals surface area contributed by atoms with Crippen LogP contribution in [-0.4, -0.2) is 39.3 Å². The number of hydrogen-bond donors (Lipinski definition) is 0. The summed E-state index contributed by atoms with van der Waals surface area (Å²) < 4.78 is 5.19. The number of anilines is 1. The van der Waals surface area contributed by atoms with Crippen LogP contribution in [0.3, 0.4) is 0 Å². The average Bonchev–Trinajstić information content (AvgIpc) is 3.40. The van der Waals surface area contributed by atoms with Gasteiger partial charge in [0.05, 0.1) is 11.7 Å². The number of rotatable bonds is 4. The van der Waals surface area contributed by atoms with Gasteiger partial charge >= 0.3 is 0 Å². The SMILES string of the molecule is CCc1nc(C2CCCN2C(=O)c2cccc(N3C(=O)CCC3=O)c2)no1. The Kier molecular flexibility index (Phi) is 4.47. The second-order valence-corrected chi connectivity index (χ2v) is 6.73. The maximum absolute atomic E-state index is 13.1. The Hall–Kier alpha value is -3.03. The molecule has 0 radical (unpaired) electrons. The van der Waals surface area contributed by atoms with E-state index in [1.54, 1.807) is 29.2 Å². The molecule has 1 aromatic heterocycles. The molecule has 140 valence electrons. The monoisotopic (exact) mass is 368 g/mol. The van der Waals surface area contributed by atoms with E-state index < -0.39 is 0 Å². The molecule has 3 heterocycles. The molecule has 8 nitrogen and oxygen atoms in total. The number of aromatic nitrogens is 2. The molecule has 1 unspecified atom stereocenters. The van der Waals surface area contributed by atoms with E-state index in [9.17, 15) is 14.4 Å². The minimum Gasteiger partial charge on any atom is -0.339 e. The fourth-order valence-electron chi connectivity index (χ4n) is 3.63. The van der Waals surface area contributed by atoms with Crippen molar-refractivity contribution in [2.75, 3.05) is 11.4 Å². The topological polar surface area (TPSA) is 96.6 Å². The van der Waals surface area contributed by atoms with E-state index in [-0.39, 0.29) is 36.6 Å². The second kappa shape index (κ2) is 6.94. The first-order valence-electron chi connectivity index (χ1n) is 9.17. The molecule has 2 aliphatic rings. The van der Waals surface area contributed by atoms with Crippen LogP contribution in [0, 0.1) is 0 Å². The molecule has 8 heteroatoms. The summed E-state index contributed by atoms with van der Waals surface area (Å²) in [6.45, 7) is 2.53. The Morgan fingerprint density at radius 2 is 2.04 bits per heavy atom. The van der Waals surface area contributed by atoms with Crippen LogP contribution >= 0.6 is 0 Å². The van der Waals surface area contributed by atoms with Crippen molar-refractivity contribution >= 4 is 23.4 Å². The fraction of sp³-hybridized carbons (Fsp3) is 0.421. The Bertz CT molecular complexity index is 891. The van der Waals surface area contributed by atoms with E-state index in [1.807, 2.05) is 6.92 Å². The predicted molar refractivity (Wildman–Crippen MR) is 94.9 cm³/mol. The first kappa shape index (κ1) is 17.4. The predicted octanol–water partition coefficient (Wildman–Crippen LogP) is 2.26. The number of benzene rings is 1. The van der Waals surface area contributed by atoms with Crippen molar-refractivity contribution in [3.05, 3.63) is 41.5 Å². The number of carbonyl (C=O) groups excluding carboxylic acids is 3. The van der Waals surface area contributed by atoms with Gasteiger partial charge in [0.25, 0.3) is 5.91 Å². The Morgan fingerprint density at radius 1 is 1.26 bits per heavy atom. The smallest absolute Gasteiger partial charge is 0.254 e. The van der Waals surface area contributed by atoms with E-state index in [1.165, 1.54) is 0 Å². The fourth-order valence-corrected chi connectivity index (χ4v) is 3.63. The van der Waals surface area contributed by atoms with Crippen molar-refractivity contribution in [2.45, 2.75) is 45.1 Å². The largest absolute Gasteiger partial charge is 0.339 e. The Morgan fingerprint density at radius 3 is 2.74 bits per heavy atom. The first-order valence-corrected chi connectivity index (χ1v) is 9.17. The van der Waals surface area contributed by atoms with Gasteiger partial charge < -0.3 is 9.42 Å². The molecular weight excluding hydrogens is 348 g/mol. The van der Waals surface area contributed by atoms with E-state index in [0.717, 1.165) is 17.7 Å². The molecule has 0 spiro atoms. The van der Waals surface area contributed by atoms with Crippen LogP contribution in [0.25, 0.3) is 0 Å². The number of hydrogen-bond acceptors (Lipinski definition) is 6. The van der Waals surface area contributed by atoms with Gasteiger partial charge in [-0.05, 0) is 31.0 Å². The summed E-state index contributed by atoms with van der Waals surface area (Å²) in [5.74, 6) is 0.447. The summed E-state index contributed by atoms with van der Waals surface area (Å²) in [6, 6.07) is 6.44. The maximum Gasteiger partial charge on any atom is 0.254 e. The lowest BCUT2D eigenvalue weighted by Gasteiger charge is -2.23. The third kappa shape index (κ3) is 3.11. The van der Waals surface area contributed by atoms with E-state index >= 15 is 0 Å². The summed E-state index contributed by atoms with van der Waals surface area (Å²) in [4.78, 5) is 44.3. The van der Waals surface area contributed by atoms with Crippen molar-refractivity contribution in [3.8, 4) is 0 Å². The molecule has 2 saturated heterocycles. The normalized spacial score (nSPS) is 20.0. The van der Waals surface area contributed by atoms with Crippen LogP contribution in [-0.2, 0) is 16.0 Å². The van der Waals surface area contributed by atoms with E-state index in [0.29, 0.717) is 35.9 Å². The number of imide groups is 1. The molecule has 1 aromatic carbocycles. The van der Waals surface area contributed by atoms with Gasteiger partial charge in [-0.1, -0.05) is 18.1 Å². The number of carbonyl (C=O) groups is 3. The number of likely N-dealkylation sites (tertiary alicyclic amines) is 1. The molecule has 0 aliphatic carbocycles. The van der Waals surface area contributed by atoms with Gasteiger partial charge in [0.2, 0.25) is 17.7 Å². The summed E-state index contributed by atoms with van der Waals surface area (Å²) >= 11 is 0. The quantitative estimate of drug-likeness (QED) is 0.768. The minimum absolute atomic E-state index is 0.165. The first-order chi connectivity index (χ1) is 13.1. The van der Waals surface area contributed by atoms with Gasteiger partial charge in [-0.25, -0.2) is 0 Å². The summed E-state index contributed by atoms with van der Waals surface area (Å²) in [6.07, 6.45) is 2.70. The van der Waals surface area contributed by atoms with Gasteiger partial charge in [-0.3, -0.25) is 19.3 Å². The highest BCUT2D eigenvalue weighted by Gasteiger charge is 2.35. The van der Waals surface area contributed by atoms with Crippen LogP contribution in [0.5, 0.6) is 0 Å². The van der Waals surface area contributed by atoms with Crippen LogP contribution in [0.15, 0.2) is 28.8 Å². The lowest BCUT2D eigenvalue weighted by Crippen LogP contribution is -2.32. The average molecular weight is 368 g/mol. The molecule has 2 fully saturated rings. The van der Waals surface area contributed by atoms with Gasteiger partial charge in [-0.2, -0.15) is 4.98 Å². The van der Waals surface area contributed by atoms with Crippen LogP contribution in [0.2, 0.25) is 0 Å². The lowest BCUT2D eigenvalue weighted by atomic mass is 10.1. The molecule has 27 heavy (non-hydrogen) atoms. The van der Waals surface area contributed by atoms with Crippen LogP contribution in [0.1, 0.15) is 60.7 Å². The summed E-state index contributed by atoms with van der Waals surface area (Å²) in [7, 11) is 0. The standard InChI is InChI=1S/C19H20N4O4/c1-2-15-20-18(21-27-15)14-7-4-10-22(14)19(26)12-5-3-6-13(11-12)23-16(24)8-9-17(23)25/h3,5-6,11,14H,2,4,7-10H2,1H3. The summed E-state index contributed by atoms with van der Waals surface area (Å²) in [5.41, 5.74) is 0.878. The van der Waals surface area contributed by atoms with Crippen LogP contribution in [0.4, 0.5) is 5.69 Å². The highest BCUT2D eigenvalue weighted by Crippen LogP contribution is 2.32. The summed E-state index contributed by atoms with van der Waals surface area (Å²) in [5, 5.41) is 4.02. The number of nitrogens with zero attached hydrogens (tertiary/aromatic N) is 4. The minimum atomic E-state index is -0.234. The molecule has 2 aliphatic heterocycles. The molecule has 3 amide bonds. The van der Waals surface area contributed by atoms with Crippen LogP contribution < -0.4 is 4.90 Å². The number of aryl methyl sites for hydroxylation is 1. The van der Waals surface area contributed by atoms with Gasteiger partial charge in [0.1, 0.15) is 0 Å². The van der Waals surface area contributed by atoms with Crippen molar-refractivity contribution in [3.63, 3.8) is 0 Å². The molecule has 4 rings (SSSR count). The van der Waals surface area contributed by atoms with Gasteiger partial charge in [-0.15, -0.1) is 0 Å². The van der Waals surface area contributed by atoms with Crippen molar-refractivity contribution in [2.24, 2.45) is 0 Å². The van der Waals surface area contributed by atoms with E-state index in [4.69, 9.17) is 4.52 Å². The Balaban J connectivity index is 1.59. The maximum atomic E-state index is 13.1. The third-order valence-corrected chi connectivity index (χ3v) is 5.00.